The molecule has 1 nitrogen and oxygen atoms in total. The summed E-state index contributed by atoms with van der Waals surface area (Å²) in [6.45, 7) is 2.18. The molecule has 1 heterocycles. The first-order valence-corrected chi connectivity index (χ1v) is 9.11. The summed E-state index contributed by atoms with van der Waals surface area (Å²) in [7, 11) is 0. The van der Waals surface area contributed by atoms with Gasteiger partial charge >= 0.3 is 0 Å². The van der Waals surface area contributed by atoms with Crippen molar-refractivity contribution in [3.8, 4) is 0 Å². The smallest absolute Gasteiger partial charge is 0.0844 e. The molecule has 3 saturated carbocycles. The molecule has 1 heteroatoms. The molecule has 0 spiro atoms. The molecular weight excluding hydrogens is 244 g/mol. The molecule has 0 N–H and O–H groups in total. The number of ether oxygens (including phenoxy) is 1. The molecule has 0 aromatic carbocycles. The van der Waals surface area contributed by atoms with E-state index in [1.165, 1.54) is 51.4 Å². The third kappa shape index (κ3) is 2.58. The summed E-state index contributed by atoms with van der Waals surface area (Å²) >= 11 is 0. The summed E-state index contributed by atoms with van der Waals surface area (Å²) in [5.74, 6) is 5.06. The highest BCUT2D eigenvalue weighted by Crippen LogP contribution is 2.50. The van der Waals surface area contributed by atoms with E-state index in [-0.39, 0.29) is 0 Å². The van der Waals surface area contributed by atoms with E-state index >= 15 is 0 Å². The Kier molecular flexibility index (Phi) is 3.66. The molecule has 4 fully saturated rings. The quantitative estimate of drug-likeness (QED) is 0.512. The molecule has 1 saturated heterocycles. The lowest BCUT2D eigenvalue weighted by atomic mass is 9.61. The molecular formula is C19H30O. The summed E-state index contributed by atoms with van der Waals surface area (Å²) in [5.41, 5.74) is 0. The summed E-state index contributed by atoms with van der Waals surface area (Å²) in [6.07, 6.45) is 19.4. The Morgan fingerprint density at radius 1 is 0.700 bits per heavy atom. The first-order valence-electron chi connectivity index (χ1n) is 9.11. The van der Waals surface area contributed by atoms with E-state index < -0.39 is 0 Å². The van der Waals surface area contributed by atoms with E-state index in [0.717, 1.165) is 29.6 Å². The Balaban J connectivity index is 1.33. The van der Waals surface area contributed by atoms with Crippen molar-refractivity contribution in [1.82, 2.24) is 0 Å². The van der Waals surface area contributed by atoms with Crippen LogP contribution in [0, 0.1) is 29.6 Å². The van der Waals surface area contributed by atoms with Crippen molar-refractivity contribution in [3.05, 3.63) is 12.2 Å². The fourth-order valence-electron chi connectivity index (χ4n) is 5.70. The van der Waals surface area contributed by atoms with Gasteiger partial charge in [-0.15, -0.1) is 0 Å². The Morgan fingerprint density at radius 2 is 1.35 bits per heavy atom. The molecule has 0 amide bonds. The van der Waals surface area contributed by atoms with E-state index in [1.54, 1.807) is 6.42 Å². The Bertz CT molecular complexity index is 374. The predicted molar refractivity (Wildman–Crippen MR) is 82.5 cm³/mol. The molecule has 20 heavy (non-hydrogen) atoms. The van der Waals surface area contributed by atoms with Crippen LogP contribution in [0.15, 0.2) is 12.2 Å². The molecule has 3 aliphatic carbocycles. The van der Waals surface area contributed by atoms with Crippen LogP contribution in [-0.4, -0.2) is 12.2 Å². The molecule has 7 unspecified atom stereocenters. The Hall–Kier alpha value is -0.300. The van der Waals surface area contributed by atoms with Gasteiger partial charge in [0.15, 0.2) is 0 Å². The van der Waals surface area contributed by atoms with Gasteiger partial charge in [-0.3, -0.25) is 0 Å². The van der Waals surface area contributed by atoms with Crippen LogP contribution in [0.3, 0.4) is 0 Å². The van der Waals surface area contributed by atoms with E-state index in [2.05, 4.69) is 19.1 Å². The van der Waals surface area contributed by atoms with E-state index in [4.69, 9.17) is 4.74 Å². The molecule has 0 aromatic rings. The van der Waals surface area contributed by atoms with Gasteiger partial charge in [0.25, 0.3) is 0 Å². The maximum atomic E-state index is 5.74. The largest absolute Gasteiger partial charge is 0.370 e. The SMILES string of the molecule is C/C=C/C1CCC2CC(C3CCC4OC4C3)CCC2C1. The maximum absolute atomic E-state index is 5.74. The maximum Gasteiger partial charge on any atom is 0.0844 e. The number of hydrogen-bond donors (Lipinski definition) is 0. The van der Waals surface area contributed by atoms with Gasteiger partial charge in [0.05, 0.1) is 12.2 Å². The van der Waals surface area contributed by atoms with Crippen LogP contribution in [0.1, 0.15) is 64.7 Å². The molecule has 4 aliphatic rings. The zero-order valence-corrected chi connectivity index (χ0v) is 13.0. The zero-order valence-electron chi connectivity index (χ0n) is 13.0. The van der Waals surface area contributed by atoms with Crippen molar-refractivity contribution >= 4 is 0 Å². The highest BCUT2D eigenvalue weighted by Gasteiger charge is 2.47. The van der Waals surface area contributed by atoms with Gasteiger partial charge in [0.2, 0.25) is 0 Å². The summed E-state index contributed by atoms with van der Waals surface area (Å²) in [4.78, 5) is 0. The van der Waals surface area contributed by atoms with Crippen LogP contribution in [0.2, 0.25) is 0 Å². The minimum absolute atomic E-state index is 0.678. The third-order valence-electron chi connectivity index (χ3n) is 6.87. The van der Waals surface area contributed by atoms with Crippen LogP contribution >= 0.6 is 0 Å². The molecule has 112 valence electrons. The fourth-order valence-corrected chi connectivity index (χ4v) is 5.70. The minimum Gasteiger partial charge on any atom is -0.370 e. The summed E-state index contributed by atoms with van der Waals surface area (Å²) in [6, 6.07) is 0. The number of hydrogen-bond acceptors (Lipinski definition) is 1. The highest BCUT2D eigenvalue weighted by atomic mass is 16.6. The Labute approximate surface area is 124 Å². The first-order chi connectivity index (χ1) is 9.83. The van der Waals surface area contributed by atoms with Crippen LogP contribution in [0.5, 0.6) is 0 Å². The minimum atomic E-state index is 0.678. The lowest BCUT2D eigenvalue weighted by Crippen LogP contribution is -2.34. The first kappa shape index (κ1) is 13.4. The van der Waals surface area contributed by atoms with Crippen LogP contribution in [-0.2, 0) is 4.74 Å². The third-order valence-corrected chi connectivity index (χ3v) is 6.87. The highest BCUT2D eigenvalue weighted by molar-refractivity contribution is 4.98. The van der Waals surface area contributed by atoms with Crippen molar-refractivity contribution in [1.29, 1.82) is 0 Å². The second-order valence-electron chi connectivity index (χ2n) is 7.98. The topological polar surface area (TPSA) is 12.5 Å². The van der Waals surface area contributed by atoms with Crippen LogP contribution in [0.25, 0.3) is 0 Å². The van der Waals surface area contributed by atoms with Crippen molar-refractivity contribution < 1.29 is 4.74 Å². The second-order valence-corrected chi connectivity index (χ2v) is 7.98. The zero-order chi connectivity index (χ0) is 13.5. The number of allylic oxidation sites excluding steroid dienone is 2. The monoisotopic (exact) mass is 274 g/mol. The second kappa shape index (κ2) is 5.48. The van der Waals surface area contributed by atoms with Crippen LogP contribution < -0.4 is 0 Å². The molecule has 0 aromatic heterocycles. The average Bonchev–Trinajstić information content (AvgIpc) is 3.25. The standard InChI is InChI=1S/C19H30O/c1-2-3-13-4-5-15-11-16(7-6-14(15)10-13)17-8-9-18-19(12-17)20-18/h2-3,13-19H,4-12H2,1H3/b3-2+. The summed E-state index contributed by atoms with van der Waals surface area (Å²) < 4.78 is 5.74. The number of fused-ring (bicyclic) bond motifs is 2. The van der Waals surface area contributed by atoms with Crippen molar-refractivity contribution in [2.24, 2.45) is 29.6 Å². The van der Waals surface area contributed by atoms with Gasteiger partial charge in [-0.1, -0.05) is 12.2 Å². The van der Waals surface area contributed by atoms with Crippen molar-refractivity contribution in [2.75, 3.05) is 0 Å². The van der Waals surface area contributed by atoms with E-state index in [1.807, 2.05) is 0 Å². The van der Waals surface area contributed by atoms with Gasteiger partial charge in [0, 0.05) is 0 Å². The van der Waals surface area contributed by atoms with Crippen molar-refractivity contribution in [2.45, 2.75) is 76.9 Å². The van der Waals surface area contributed by atoms with Gasteiger partial charge in [-0.25, -0.2) is 0 Å². The van der Waals surface area contributed by atoms with Crippen LogP contribution in [0.4, 0.5) is 0 Å². The normalized spacial score (nSPS) is 51.5. The molecule has 0 radical (unpaired) electrons. The van der Waals surface area contributed by atoms with Gasteiger partial charge in [-0.05, 0) is 94.3 Å². The average molecular weight is 274 g/mol. The molecule has 1 aliphatic heterocycles. The predicted octanol–water partition coefficient (Wildman–Crippen LogP) is 4.96. The van der Waals surface area contributed by atoms with Gasteiger partial charge < -0.3 is 4.74 Å². The molecule has 7 atom stereocenters. The Morgan fingerprint density at radius 3 is 2.10 bits per heavy atom. The molecule has 4 rings (SSSR count). The molecule has 0 bridgehead atoms. The van der Waals surface area contributed by atoms with Gasteiger partial charge in [-0.2, -0.15) is 0 Å². The number of epoxide rings is 1. The van der Waals surface area contributed by atoms with Crippen molar-refractivity contribution in [3.63, 3.8) is 0 Å². The summed E-state index contributed by atoms with van der Waals surface area (Å²) in [5, 5.41) is 0. The number of rotatable bonds is 2. The van der Waals surface area contributed by atoms with Gasteiger partial charge in [0.1, 0.15) is 0 Å². The lowest BCUT2D eigenvalue weighted by Gasteiger charge is -2.44. The fraction of sp³-hybridized carbons (Fsp3) is 0.895. The lowest BCUT2D eigenvalue weighted by molar-refractivity contribution is 0.0762. The van der Waals surface area contributed by atoms with E-state index in [9.17, 15) is 0 Å². The van der Waals surface area contributed by atoms with E-state index in [0.29, 0.717) is 12.2 Å².